The number of hydrogen-bond acceptors (Lipinski definition) is 3. The van der Waals surface area contributed by atoms with E-state index in [1.54, 1.807) is 6.92 Å². The Kier molecular flexibility index (Phi) is 5.22. The lowest BCUT2D eigenvalue weighted by atomic mass is 10.1. The van der Waals surface area contributed by atoms with Gasteiger partial charge >= 0.3 is 5.97 Å². The predicted molar refractivity (Wildman–Crippen MR) is 58.3 cm³/mol. The number of esters is 1. The van der Waals surface area contributed by atoms with Gasteiger partial charge < -0.3 is 9.47 Å². The van der Waals surface area contributed by atoms with Crippen LogP contribution in [0.2, 0.25) is 0 Å². The zero-order chi connectivity index (χ0) is 11.1. The van der Waals surface area contributed by atoms with E-state index in [0.29, 0.717) is 12.7 Å². The minimum atomic E-state index is -0.288. The highest BCUT2D eigenvalue weighted by Gasteiger charge is 2.20. The van der Waals surface area contributed by atoms with Gasteiger partial charge in [-0.05, 0) is 19.8 Å². The molecule has 0 bridgehead atoms. The van der Waals surface area contributed by atoms with Crippen molar-refractivity contribution >= 4 is 5.97 Å². The normalized spacial score (nSPS) is 22.8. The van der Waals surface area contributed by atoms with Crippen LogP contribution in [0.1, 0.15) is 46.0 Å². The van der Waals surface area contributed by atoms with Gasteiger partial charge in [-0.1, -0.05) is 19.8 Å². The summed E-state index contributed by atoms with van der Waals surface area (Å²) in [5.41, 5.74) is 0. The average Bonchev–Trinajstić information content (AvgIpc) is 2.63. The number of carbonyl (C=O) groups excluding carboxylic acids is 1. The monoisotopic (exact) mass is 212 g/mol. The van der Waals surface area contributed by atoms with Crippen LogP contribution in [0.3, 0.4) is 0 Å². The molecule has 0 aromatic rings. The molecular weight excluding hydrogens is 192 g/mol. The highest BCUT2D eigenvalue weighted by atomic mass is 16.5. The van der Waals surface area contributed by atoms with Crippen LogP contribution in [-0.2, 0) is 14.3 Å². The van der Waals surface area contributed by atoms with Crippen LogP contribution in [0, 0.1) is 0 Å². The first-order valence-electron chi connectivity index (χ1n) is 5.80. The Balaban J connectivity index is 2.31. The van der Waals surface area contributed by atoms with Crippen molar-refractivity contribution in [3.8, 4) is 0 Å². The van der Waals surface area contributed by atoms with Crippen molar-refractivity contribution in [2.75, 3.05) is 6.61 Å². The molecule has 1 aliphatic rings. The Morgan fingerprint density at radius 3 is 3.07 bits per heavy atom. The Morgan fingerprint density at radius 2 is 2.40 bits per heavy atom. The summed E-state index contributed by atoms with van der Waals surface area (Å²) in [6.45, 7) is 4.39. The maximum Gasteiger partial charge on any atom is 0.334 e. The molecule has 3 nitrogen and oxygen atoms in total. The fourth-order valence-electron chi connectivity index (χ4n) is 1.69. The summed E-state index contributed by atoms with van der Waals surface area (Å²) in [4.78, 5) is 11.1. The molecule has 1 atom stereocenters. The second kappa shape index (κ2) is 6.49. The number of ether oxygens (including phenoxy) is 2. The molecule has 15 heavy (non-hydrogen) atoms. The third-order valence-corrected chi connectivity index (χ3v) is 2.48. The van der Waals surface area contributed by atoms with Crippen LogP contribution in [0.4, 0.5) is 0 Å². The fraction of sp³-hybridized carbons (Fsp3) is 0.750. The van der Waals surface area contributed by atoms with Gasteiger partial charge in [0.1, 0.15) is 5.76 Å². The van der Waals surface area contributed by atoms with Gasteiger partial charge in [0.05, 0.1) is 18.8 Å². The largest absolute Gasteiger partial charge is 0.494 e. The van der Waals surface area contributed by atoms with Crippen LogP contribution < -0.4 is 0 Å². The van der Waals surface area contributed by atoms with Gasteiger partial charge in [0.2, 0.25) is 0 Å². The minimum absolute atomic E-state index is 0.288. The van der Waals surface area contributed by atoms with E-state index >= 15 is 0 Å². The number of rotatable bonds is 5. The standard InChI is InChI=1S/C12H20O3/c1-3-5-6-10-7-8-11(15-10)9-12(13)14-4-2/h9-10H,3-8H2,1-2H3/b11-9+/t10-/m0/s1. The van der Waals surface area contributed by atoms with Crippen molar-refractivity contribution < 1.29 is 14.3 Å². The van der Waals surface area contributed by atoms with Gasteiger partial charge in [-0.25, -0.2) is 4.79 Å². The topological polar surface area (TPSA) is 35.5 Å². The van der Waals surface area contributed by atoms with Crippen LogP contribution >= 0.6 is 0 Å². The molecule has 0 radical (unpaired) electrons. The lowest BCUT2D eigenvalue weighted by Gasteiger charge is -2.09. The first-order valence-corrected chi connectivity index (χ1v) is 5.80. The minimum Gasteiger partial charge on any atom is -0.494 e. The predicted octanol–water partition coefficient (Wildman–Crippen LogP) is 2.80. The van der Waals surface area contributed by atoms with E-state index in [1.165, 1.54) is 18.9 Å². The Labute approximate surface area is 91.4 Å². The summed E-state index contributed by atoms with van der Waals surface area (Å²) in [7, 11) is 0. The zero-order valence-electron chi connectivity index (χ0n) is 9.62. The first-order chi connectivity index (χ1) is 7.26. The van der Waals surface area contributed by atoms with E-state index in [-0.39, 0.29) is 5.97 Å². The molecule has 0 aliphatic carbocycles. The van der Waals surface area contributed by atoms with Gasteiger partial charge in [0.25, 0.3) is 0 Å². The van der Waals surface area contributed by atoms with Gasteiger partial charge in [0.15, 0.2) is 0 Å². The molecule has 1 heterocycles. The maximum atomic E-state index is 11.1. The van der Waals surface area contributed by atoms with Gasteiger partial charge in [0, 0.05) is 6.42 Å². The zero-order valence-corrected chi connectivity index (χ0v) is 9.62. The lowest BCUT2D eigenvalue weighted by Crippen LogP contribution is -2.04. The van der Waals surface area contributed by atoms with Crippen molar-refractivity contribution in [1.82, 2.24) is 0 Å². The van der Waals surface area contributed by atoms with E-state index in [9.17, 15) is 4.79 Å². The van der Waals surface area contributed by atoms with Crippen LogP contribution in [0.5, 0.6) is 0 Å². The second-order valence-electron chi connectivity index (χ2n) is 3.78. The van der Waals surface area contributed by atoms with E-state index in [4.69, 9.17) is 9.47 Å². The first kappa shape index (κ1) is 12.1. The van der Waals surface area contributed by atoms with Gasteiger partial charge in [-0.3, -0.25) is 0 Å². The summed E-state index contributed by atoms with van der Waals surface area (Å²) in [5, 5.41) is 0. The van der Waals surface area contributed by atoms with Crippen molar-refractivity contribution in [1.29, 1.82) is 0 Å². The third kappa shape index (κ3) is 4.36. The second-order valence-corrected chi connectivity index (χ2v) is 3.78. The summed E-state index contributed by atoms with van der Waals surface area (Å²) in [5.74, 6) is 0.498. The third-order valence-electron chi connectivity index (χ3n) is 2.48. The molecule has 0 aromatic carbocycles. The highest BCUT2D eigenvalue weighted by molar-refractivity contribution is 5.82. The molecule has 0 saturated carbocycles. The molecule has 86 valence electrons. The Bertz CT molecular complexity index is 233. The summed E-state index contributed by atoms with van der Waals surface area (Å²) < 4.78 is 10.5. The number of allylic oxidation sites excluding steroid dienone is 1. The van der Waals surface area contributed by atoms with E-state index in [1.807, 2.05) is 0 Å². The summed E-state index contributed by atoms with van der Waals surface area (Å²) >= 11 is 0. The molecule has 1 aliphatic heterocycles. The quantitative estimate of drug-likeness (QED) is 0.519. The molecule has 3 heteroatoms. The number of carbonyl (C=O) groups is 1. The Morgan fingerprint density at radius 1 is 1.60 bits per heavy atom. The SMILES string of the molecule is CCCC[C@H]1CC/C(=C\C(=O)OCC)O1. The van der Waals surface area contributed by atoms with Crippen LogP contribution in [0.25, 0.3) is 0 Å². The van der Waals surface area contributed by atoms with Gasteiger partial charge in [-0.15, -0.1) is 0 Å². The lowest BCUT2D eigenvalue weighted by molar-refractivity contribution is -0.137. The molecule has 1 rings (SSSR count). The highest BCUT2D eigenvalue weighted by Crippen LogP contribution is 2.26. The molecule has 0 aromatic heterocycles. The smallest absolute Gasteiger partial charge is 0.334 e. The number of unbranched alkanes of at least 4 members (excludes halogenated alkanes) is 1. The van der Waals surface area contributed by atoms with E-state index in [0.717, 1.165) is 25.0 Å². The van der Waals surface area contributed by atoms with Crippen molar-refractivity contribution in [3.63, 3.8) is 0 Å². The molecule has 1 fully saturated rings. The van der Waals surface area contributed by atoms with Crippen LogP contribution in [-0.4, -0.2) is 18.7 Å². The molecular formula is C12H20O3. The van der Waals surface area contributed by atoms with Crippen molar-refractivity contribution in [2.24, 2.45) is 0 Å². The molecule has 0 amide bonds. The van der Waals surface area contributed by atoms with Crippen LogP contribution in [0.15, 0.2) is 11.8 Å². The van der Waals surface area contributed by atoms with E-state index < -0.39 is 0 Å². The average molecular weight is 212 g/mol. The van der Waals surface area contributed by atoms with Gasteiger partial charge in [-0.2, -0.15) is 0 Å². The molecule has 1 saturated heterocycles. The van der Waals surface area contributed by atoms with E-state index in [2.05, 4.69) is 6.92 Å². The summed E-state index contributed by atoms with van der Waals surface area (Å²) in [6, 6.07) is 0. The molecule has 0 unspecified atom stereocenters. The number of hydrogen-bond donors (Lipinski definition) is 0. The van der Waals surface area contributed by atoms with Crippen molar-refractivity contribution in [3.05, 3.63) is 11.8 Å². The fourth-order valence-corrected chi connectivity index (χ4v) is 1.69. The molecule has 0 N–H and O–H groups in total. The summed E-state index contributed by atoms with van der Waals surface area (Å²) in [6.07, 6.45) is 7.17. The van der Waals surface area contributed by atoms with Crippen molar-refractivity contribution in [2.45, 2.75) is 52.1 Å². The molecule has 0 spiro atoms. The maximum absolute atomic E-state index is 11.1. The Hall–Kier alpha value is -0.990.